The van der Waals surface area contributed by atoms with E-state index in [9.17, 15) is 44.6 Å². The number of phosphoric ester groups is 1. The van der Waals surface area contributed by atoms with Gasteiger partial charge in [-0.3, -0.25) is 18.6 Å². The highest BCUT2D eigenvalue weighted by Gasteiger charge is 2.51. The van der Waals surface area contributed by atoms with E-state index in [1.54, 1.807) is 0 Å². The average molecular weight is 1050 g/mol. The molecule has 8 atom stereocenters. The van der Waals surface area contributed by atoms with Crippen LogP contribution in [0.3, 0.4) is 0 Å². The highest BCUT2D eigenvalue weighted by molar-refractivity contribution is 7.47. The monoisotopic (exact) mass is 1050 g/mol. The van der Waals surface area contributed by atoms with Gasteiger partial charge in [0.2, 0.25) is 0 Å². The van der Waals surface area contributed by atoms with Gasteiger partial charge in [-0.1, -0.05) is 257 Å². The number of aliphatic hydroxyl groups excluding tert-OH is 5. The Kier molecular flexibility index (Phi) is 45.7. The molecule has 6 N–H and O–H groups in total. The van der Waals surface area contributed by atoms with Crippen molar-refractivity contribution in [3.63, 3.8) is 0 Å². The van der Waals surface area contributed by atoms with E-state index in [1.807, 2.05) is 0 Å². The van der Waals surface area contributed by atoms with Crippen molar-refractivity contribution in [1.29, 1.82) is 0 Å². The number of unbranched alkanes of at least 4 members (excludes halogenated alkanes) is 38. The van der Waals surface area contributed by atoms with Crippen LogP contribution in [0.2, 0.25) is 0 Å². The van der Waals surface area contributed by atoms with Gasteiger partial charge in [0.1, 0.15) is 43.2 Å². The largest absolute Gasteiger partial charge is 0.472 e. The van der Waals surface area contributed by atoms with Crippen molar-refractivity contribution >= 4 is 19.8 Å². The predicted molar refractivity (Wildman–Crippen MR) is 291 cm³/mol. The number of aliphatic hydroxyl groups is 5. The van der Waals surface area contributed by atoms with Crippen LogP contribution in [0.25, 0.3) is 0 Å². The van der Waals surface area contributed by atoms with Gasteiger partial charge in [0.25, 0.3) is 0 Å². The lowest BCUT2D eigenvalue weighted by atomic mass is 9.85. The molecule has 1 fully saturated rings. The molecule has 0 aromatic rings. The van der Waals surface area contributed by atoms with Crippen molar-refractivity contribution in [2.24, 2.45) is 0 Å². The van der Waals surface area contributed by atoms with E-state index in [1.165, 1.54) is 212 Å². The smallest absolute Gasteiger partial charge is 0.462 e. The summed E-state index contributed by atoms with van der Waals surface area (Å²) < 4.78 is 33.7. The summed E-state index contributed by atoms with van der Waals surface area (Å²) >= 11 is 0. The van der Waals surface area contributed by atoms with Crippen LogP contribution in [0, 0.1) is 0 Å². The van der Waals surface area contributed by atoms with Gasteiger partial charge in [-0.25, -0.2) is 4.57 Å². The van der Waals surface area contributed by atoms with Crippen molar-refractivity contribution < 1.29 is 63.1 Å². The molecular weight excluding hydrogens is 936 g/mol. The molecule has 1 aliphatic rings. The number of rotatable bonds is 52. The first-order valence-corrected chi connectivity index (χ1v) is 31.5. The van der Waals surface area contributed by atoms with Crippen LogP contribution >= 0.6 is 7.82 Å². The molecule has 14 heteroatoms. The summed E-state index contributed by atoms with van der Waals surface area (Å²) in [5, 5.41) is 50.4. The van der Waals surface area contributed by atoms with E-state index in [4.69, 9.17) is 18.5 Å². The molecule has 1 rings (SSSR count). The highest BCUT2D eigenvalue weighted by atomic mass is 31.2. The Morgan fingerprint density at radius 3 is 1.10 bits per heavy atom. The quantitative estimate of drug-likeness (QED) is 0.0145. The maximum atomic E-state index is 12.9. The van der Waals surface area contributed by atoms with Crippen LogP contribution in [-0.2, 0) is 32.7 Å². The Labute approximate surface area is 439 Å². The van der Waals surface area contributed by atoms with Crippen molar-refractivity contribution in [1.82, 2.24) is 0 Å². The van der Waals surface area contributed by atoms with Crippen molar-refractivity contribution in [3.05, 3.63) is 12.2 Å². The number of esters is 2. The minimum atomic E-state index is -5.13. The molecule has 0 saturated heterocycles. The van der Waals surface area contributed by atoms with Crippen LogP contribution in [0.1, 0.15) is 290 Å². The van der Waals surface area contributed by atoms with Gasteiger partial charge in [0.05, 0.1) is 6.61 Å². The van der Waals surface area contributed by atoms with Gasteiger partial charge < -0.3 is 39.9 Å². The molecule has 0 bridgehead atoms. The van der Waals surface area contributed by atoms with Crippen molar-refractivity contribution in [2.75, 3.05) is 13.2 Å². The van der Waals surface area contributed by atoms with Gasteiger partial charge in [-0.05, 0) is 32.1 Å². The van der Waals surface area contributed by atoms with Gasteiger partial charge in [0, 0.05) is 12.8 Å². The summed E-state index contributed by atoms with van der Waals surface area (Å²) in [6, 6.07) is 0. The molecule has 72 heavy (non-hydrogen) atoms. The van der Waals surface area contributed by atoms with E-state index in [-0.39, 0.29) is 12.8 Å². The number of hydrogen-bond acceptors (Lipinski definition) is 12. The van der Waals surface area contributed by atoms with Gasteiger partial charge >= 0.3 is 19.8 Å². The summed E-state index contributed by atoms with van der Waals surface area (Å²) in [6.07, 6.45) is 42.7. The van der Waals surface area contributed by atoms with E-state index in [0.717, 1.165) is 32.1 Å². The predicted octanol–water partition coefficient (Wildman–Crippen LogP) is 14.1. The number of ether oxygens (including phenoxy) is 2. The van der Waals surface area contributed by atoms with Crippen LogP contribution in [-0.4, -0.2) is 98.3 Å². The molecule has 0 amide bonds. The van der Waals surface area contributed by atoms with Gasteiger partial charge in [0.15, 0.2) is 6.10 Å². The maximum absolute atomic E-state index is 12.9. The Morgan fingerprint density at radius 2 is 0.722 bits per heavy atom. The summed E-state index contributed by atoms with van der Waals surface area (Å²) in [4.78, 5) is 36.0. The van der Waals surface area contributed by atoms with Crippen LogP contribution in [0.4, 0.5) is 0 Å². The summed E-state index contributed by atoms with van der Waals surface area (Å²) in [6.45, 7) is 3.36. The van der Waals surface area contributed by atoms with Crippen LogP contribution in [0.15, 0.2) is 12.2 Å². The fraction of sp³-hybridized carbons (Fsp3) is 0.931. The fourth-order valence-corrected chi connectivity index (χ4v) is 10.6. The van der Waals surface area contributed by atoms with Crippen LogP contribution in [0.5, 0.6) is 0 Å². The SMILES string of the molecule is CCCCCCCCCCCCCCCCCCCC/C=C/CCCC(=O)O[C@H](COC(=O)CCCCCCCCCCCCCCCCCCCCCC)COP(=O)(O)OC1C(O)C(O)C(O)[C@@H](O)C1O. The average Bonchev–Trinajstić information content (AvgIpc) is 3.36. The molecule has 0 aliphatic heterocycles. The van der Waals surface area contributed by atoms with Crippen LogP contribution < -0.4 is 0 Å². The third-order valence-corrected chi connectivity index (χ3v) is 15.3. The zero-order valence-corrected chi connectivity index (χ0v) is 46.9. The molecule has 1 aliphatic carbocycles. The third-order valence-electron chi connectivity index (χ3n) is 14.4. The van der Waals surface area contributed by atoms with E-state index < -0.39 is 75.7 Å². The molecule has 0 aromatic carbocycles. The fourth-order valence-electron chi connectivity index (χ4n) is 9.59. The minimum absolute atomic E-state index is 0.0548. The first-order valence-electron chi connectivity index (χ1n) is 30.0. The lowest BCUT2D eigenvalue weighted by molar-refractivity contribution is -0.220. The number of hydrogen-bond donors (Lipinski definition) is 6. The number of phosphoric acid groups is 1. The molecule has 0 heterocycles. The molecule has 426 valence electrons. The normalized spacial score (nSPS) is 20.5. The number of carbonyl (C=O) groups excluding carboxylic acids is 2. The maximum Gasteiger partial charge on any atom is 0.472 e. The van der Waals surface area contributed by atoms with E-state index in [2.05, 4.69) is 26.0 Å². The third kappa shape index (κ3) is 39.0. The standard InChI is InChI=1S/C58H111O13P/c1-3-5-7-9-11-13-15-17-19-21-23-25-26-27-29-31-33-35-37-39-41-43-45-47-52(60)70-50(49-69-72(66,67)71-58-56(64)54(62)53(61)55(63)57(58)65)48-68-51(59)46-44-42-40-38-36-34-32-30-28-24-22-20-18-16-14-12-10-8-6-4-2/h39,41,50,53-58,61-65H,3-38,40,42-49H2,1-2H3,(H,66,67)/b41-39+/t50-,53?,54-,55?,56?,57?,58?/m1/s1. The van der Waals surface area contributed by atoms with Crippen molar-refractivity contribution in [3.8, 4) is 0 Å². The highest BCUT2D eigenvalue weighted by Crippen LogP contribution is 2.47. The Balaban J connectivity index is 2.32. The molecule has 13 nitrogen and oxygen atoms in total. The topological polar surface area (TPSA) is 210 Å². The molecule has 0 radical (unpaired) electrons. The zero-order chi connectivity index (χ0) is 52.8. The van der Waals surface area contributed by atoms with E-state index in [0.29, 0.717) is 19.3 Å². The first-order chi connectivity index (χ1) is 34.9. The second-order valence-corrected chi connectivity index (χ2v) is 22.6. The van der Waals surface area contributed by atoms with E-state index >= 15 is 0 Å². The second kappa shape index (κ2) is 48.0. The van der Waals surface area contributed by atoms with Crippen molar-refractivity contribution in [2.45, 2.75) is 333 Å². The first kappa shape index (κ1) is 68.6. The summed E-state index contributed by atoms with van der Waals surface area (Å²) in [5.74, 6) is -1.12. The number of carbonyl (C=O) groups is 2. The second-order valence-electron chi connectivity index (χ2n) is 21.2. The molecule has 1 saturated carbocycles. The molecule has 0 aromatic heterocycles. The molecular formula is C58H111O13P. The Morgan fingerprint density at radius 1 is 0.417 bits per heavy atom. The lowest BCUT2D eigenvalue weighted by Gasteiger charge is -2.41. The zero-order valence-electron chi connectivity index (χ0n) is 46.0. The van der Waals surface area contributed by atoms with Gasteiger partial charge in [-0.2, -0.15) is 0 Å². The lowest BCUT2D eigenvalue weighted by Crippen LogP contribution is -2.64. The minimum Gasteiger partial charge on any atom is -0.462 e. The molecule has 6 unspecified atom stereocenters. The Bertz CT molecular complexity index is 1300. The number of allylic oxidation sites excluding steroid dienone is 2. The summed E-state index contributed by atoms with van der Waals surface area (Å²) in [5.41, 5.74) is 0. The Hall–Kier alpha value is -1.41. The summed E-state index contributed by atoms with van der Waals surface area (Å²) in [7, 11) is -5.13. The molecule has 0 spiro atoms. The van der Waals surface area contributed by atoms with Gasteiger partial charge in [-0.15, -0.1) is 0 Å².